The number of likely N-dealkylation sites (N-methyl/N-ethyl adjacent to an activating group) is 1. The van der Waals surface area contributed by atoms with Gasteiger partial charge in [0.2, 0.25) is 5.91 Å². The van der Waals surface area contributed by atoms with Gasteiger partial charge in [0, 0.05) is 59.0 Å². The van der Waals surface area contributed by atoms with Gasteiger partial charge in [0.1, 0.15) is 19.0 Å². The lowest BCUT2D eigenvalue weighted by molar-refractivity contribution is -0.140. The van der Waals surface area contributed by atoms with E-state index in [1.54, 1.807) is 7.11 Å². The van der Waals surface area contributed by atoms with Crippen LogP contribution in [0.5, 0.6) is 5.75 Å². The summed E-state index contributed by atoms with van der Waals surface area (Å²) in [7, 11) is 1.74. The summed E-state index contributed by atoms with van der Waals surface area (Å²) in [5, 5.41) is 3.51. The average molecular weight is 610 g/mol. The van der Waals surface area contributed by atoms with Crippen LogP contribution in [0.25, 0.3) is 0 Å². The van der Waals surface area contributed by atoms with Gasteiger partial charge in [-0.2, -0.15) is 0 Å². The van der Waals surface area contributed by atoms with Gasteiger partial charge in [0.25, 0.3) is 0 Å². The Hall–Kier alpha value is -2.69. The second-order valence-corrected chi connectivity index (χ2v) is 12.1. The number of anilines is 1. The molecule has 1 amide bonds. The van der Waals surface area contributed by atoms with E-state index in [0.29, 0.717) is 46.0 Å². The second kappa shape index (κ2) is 16.6. The number of benzene rings is 2. The Balaban J connectivity index is 1.28. The predicted octanol–water partition coefficient (Wildman–Crippen LogP) is 4.37. The molecule has 0 aromatic heterocycles. The molecule has 1 N–H and O–H groups in total. The van der Waals surface area contributed by atoms with E-state index < -0.39 is 0 Å². The van der Waals surface area contributed by atoms with Gasteiger partial charge in [0.05, 0.1) is 37.7 Å². The molecular formula is C35H51N3O6. The third kappa shape index (κ3) is 8.95. The summed E-state index contributed by atoms with van der Waals surface area (Å²) in [6, 6.07) is 15.0. The first-order valence-corrected chi connectivity index (χ1v) is 16.5. The molecule has 9 heteroatoms. The smallest absolute Gasteiger partial charge is 0.248 e. The number of piperidine rings is 1. The molecule has 2 aromatic carbocycles. The van der Waals surface area contributed by atoms with E-state index in [4.69, 9.17) is 23.7 Å². The Morgan fingerprint density at radius 1 is 1.00 bits per heavy atom. The summed E-state index contributed by atoms with van der Waals surface area (Å²) >= 11 is 0. The zero-order valence-corrected chi connectivity index (χ0v) is 26.8. The van der Waals surface area contributed by atoms with Crippen molar-refractivity contribution >= 4 is 11.6 Å². The normalized spacial score (nSPS) is 21.5. The highest BCUT2D eigenvalue weighted by atomic mass is 16.5. The number of carbonyl (C=O) groups excluding carboxylic acids is 1. The van der Waals surface area contributed by atoms with E-state index in [1.807, 2.05) is 18.7 Å². The van der Waals surface area contributed by atoms with Crippen molar-refractivity contribution in [1.29, 1.82) is 0 Å². The van der Waals surface area contributed by atoms with Crippen LogP contribution in [-0.4, -0.2) is 95.8 Å². The Kier molecular flexibility index (Phi) is 12.3. The number of methoxy groups -OCH3 is 1. The van der Waals surface area contributed by atoms with Crippen LogP contribution < -0.4 is 15.0 Å². The first-order chi connectivity index (χ1) is 21.6. The highest BCUT2D eigenvalue weighted by Gasteiger charge is 2.37. The molecule has 242 valence electrons. The van der Waals surface area contributed by atoms with E-state index in [1.165, 1.54) is 18.4 Å². The lowest BCUT2D eigenvalue weighted by Crippen LogP contribution is -2.51. The molecule has 0 spiro atoms. The molecule has 0 unspecified atom stereocenters. The fourth-order valence-corrected chi connectivity index (χ4v) is 6.17. The molecule has 44 heavy (non-hydrogen) atoms. The molecule has 1 saturated carbocycles. The van der Waals surface area contributed by atoms with Gasteiger partial charge >= 0.3 is 0 Å². The number of ether oxygens (including phenoxy) is 5. The van der Waals surface area contributed by atoms with Crippen LogP contribution in [0.15, 0.2) is 42.5 Å². The molecule has 9 nitrogen and oxygen atoms in total. The van der Waals surface area contributed by atoms with E-state index >= 15 is 0 Å². The minimum absolute atomic E-state index is 0.0197. The van der Waals surface area contributed by atoms with Crippen molar-refractivity contribution in [2.24, 2.45) is 5.92 Å². The summed E-state index contributed by atoms with van der Waals surface area (Å²) < 4.78 is 30.2. The van der Waals surface area contributed by atoms with Gasteiger partial charge in [0.15, 0.2) is 0 Å². The molecule has 0 bridgehead atoms. The van der Waals surface area contributed by atoms with Crippen LogP contribution in [0.3, 0.4) is 0 Å². The summed E-state index contributed by atoms with van der Waals surface area (Å²) in [5.41, 5.74) is 4.54. The first kappa shape index (κ1) is 32.7. The van der Waals surface area contributed by atoms with Gasteiger partial charge in [-0.15, -0.1) is 0 Å². The summed E-state index contributed by atoms with van der Waals surface area (Å²) in [4.78, 5) is 17.0. The number of nitrogens with one attached hydrogen (secondary N) is 1. The largest absolute Gasteiger partial charge is 0.490 e. The van der Waals surface area contributed by atoms with E-state index in [9.17, 15) is 4.79 Å². The molecule has 5 rings (SSSR count). The highest BCUT2D eigenvalue weighted by Crippen LogP contribution is 2.35. The van der Waals surface area contributed by atoms with E-state index in [0.717, 1.165) is 61.2 Å². The zero-order chi connectivity index (χ0) is 30.7. The molecule has 2 fully saturated rings. The van der Waals surface area contributed by atoms with Crippen LogP contribution in [-0.2, 0) is 37.0 Å². The zero-order valence-electron chi connectivity index (χ0n) is 26.8. The second-order valence-electron chi connectivity index (χ2n) is 12.1. The molecule has 3 aliphatic rings. The van der Waals surface area contributed by atoms with Crippen molar-refractivity contribution in [1.82, 2.24) is 10.2 Å². The van der Waals surface area contributed by atoms with Crippen LogP contribution in [0.4, 0.5) is 5.69 Å². The minimum atomic E-state index is -0.196. The number of nitrogens with zero attached hydrogens (tertiary/aromatic N) is 2. The molecule has 2 aliphatic heterocycles. The van der Waals surface area contributed by atoms with Gasteiger partial charge < -0.3 is 38.8 Å². The topological polar surface area (TPSA) is 81.7 Å². The van der Waals surface area contributed by atoms with Crippen molar-refractivity contribution in [3.8, 4) is 5.75 Å². The molecule has 3 atom stereocenters. The Bertz CT molecular complexity index is 1170. The van der Waals surface area contributed by atoms with Crippen molar-refractivity contribution < 1.29 is 28.5 Å². The predicted molar refractivity (Wildman–Crippen MR) is 171 cm³/mol. The number of hydrogen-bond donors (Lipinski definition) is 1. The molecule has 2 heterocycles. The van der Waals surface area contributed by atoms with Crippen molar-refractivity contribution in [3.63, 3.8) is 0 Å². The van der Waals surface area contributed by atoms with E-state index in [-0.39, 0.29) is 30.6 Å². The Labute approximate surface area is 263 Å². The van der Waals surface area contributed by atoms with Crippen LogP contribution in [0.2, 0.25) is 0 Å². The van der Waals surface area contributed by atoms with Crippen LogP contribution >= 0.6 is 0 Å². The number of carbonyl (C=O) groups is 1. The van der Waals surface area contributed by atoms with Gasteiger partial charge in [-0.25, -0.2) is 0 Å². The fraction of sp³-hybridized carbons (Fsp3) is 0.629. The molecule has 2 aromatic rings. The first-order valence-electron chi connectivity index (χ1n) is 16.5. The molecule has 0 radical (unpaired) electrons. The summed E-state index contributed by atoms with van der Waals surface area (Å²) in [6.45, 7) is 12.0. The lowest BCUT2D eigenvalue weighted by atomic mass is 9.85. The SMILES string of the molecule is CCN(CC)C(=O)CO[C@@H]1CNC[C@H](OCc2ccc3c(c2)N(CCCOC)CCO3)[C@H]1c1ccc(COCC2CC2)cc1. The number of amides is 1. The monoisotopic (exact) mass is 609 g/mol. The number of hydrogen-bond acceptors (Lipinski definition) is 8. The van der Waals surface area contributed by atoms with Gasteiger partial charge in [-0.3, -0.25) is 4.79 Å². The maximum Gasteiger partial charge on any atom is 0.248 e. The third-order valence-electron chi connectivity index (χ3n) is 8.94. The Morgan fingerprint density at radius 3 is 2.48 bits per heavy atom. The standard InChI is InChI=1S/C35H51N3O6/c1-4-37(5-2)34(39)25-44-33-21-36-20-32(35(33)29-12-9-27(10-13-29)23-41-22-26-7-8-26)43-24-28-11-14-31-30(19-28)38(16-18-42-31)15-6-17-40-3/h9-14,19,26,32-33,35-36H,4-8,15-18,20-25H2,1-3H3/t32-,33+,35+/m0/s1. The summed E-state index contributed by atoms with van der Waals surface area (Å²) in [6.07, 6.45) is 3.23. The molecule has 1 aliphatic carbocycles. The van der Waals surface area contributed by atoms with E-state index in [2.05, 4.69) is 52.7 Å². The van der Waals surface area contributed by atoms with Crippen molar-refractivity contribution in [2.75, 3.05) is 77.7 Å². The minimum Gasteiger partial charge on any atom is -0.490 e. The summed E-state index contributed by atoms with van der Waals surface area (Å²) in [5.74, 6) is 1.67. The Morgan fingerprint density at radius 2 is 1.75 bits per heavy atom. The maximum atomic E-state index is 12.8. The lowest BCUT2D eigenvalue weighted by Gasteiger charge is -2.39. The van der Waals surface area contributed by atoms with Crippen LogP contribution in [0, 0.1) is 5.92 Å². The van der Waals surface area contributed by atoms with Gasteiger partial charge in [-0.05, 0) is 67.9 Å². The third-order valence-corrected chi connectivity index (χ3v) is 8.94. The van der Waals surface area contributed by atoms with Crippen LogP contribution in [0.1, 0.15) is 55.7 Å². The van der Waals surface area contributed by atoms with Crippen molar-refractivity contribution in [2.45, 2.75) is 64.4 Å². The van der Waals surface area contributed by atoms with Crippen molar-refractivity contribution in [3.05, 3.63) is 59.2 Å². The molecular weight excluding hydrogens is 558 g/mol. The number of rotatable bonds is 17. The fourth-order valence-electron chi connectivity index (χ4n) is 6.17. The molecule has 1 saturated heterocycles. The van der Waals surface area contributed by atoms with Gasteiger partial charge in [-0.1, -0.05) is 30.3 Å². The quantitative estimate of drug-likeness (QED) is 0.265. The highest BCUT2D eigenvalue weighted by molar-refractivity contribution is 5.77. The maximum absolute atomic E-state index is 12.8. The average Bonchev–Trinajstić information content (AvgIpc) is 3.88. The number of fused-ring (bicyclic) bond motifs is 1.